The van der Waals surface area contributed by atoms with Crippen LogP contribution in [-0.2, 0) is 11.3 Å². The lowest BCUT2D eigenvalue weighted by atomic mass is 9.93. The molecule has 2 aromatic heterocycles. The largest absolute Gasteiger partial charge is 0.496 e. The van der Waals surface area contributed by atoms with E-state index in [4.69, 9.17) is 9.72 Å². The van der Waals surface area contributed by atoms with Crippen molar-refractivity contribution in [3.05, 3.63) is 83.0 Å². The van der Waals surface area contributed by atoms with Crippen molar-refractivity contribution in [2.45, 2.75) is 32.4 Å². The van der Waals surface area contributed by atoms with Crippen LogP contribution in [0.15, 0.2) is 66.2 Å². The SMILES string of the molecule is CCC(=O)N1Cc2cc(C(=O)Nc3nccs3)nc(-c3cccc(-c4ccccc4OC)c3)c2[C@@H]1CCO. The van der Waals surface area contributed by atoms with Crippen LogP contribution >= 0.6 is 11.3 Å². The number of fused-ring (bicyclic) bond motifs is 1. The molecular formula is C29H28N4O4S. The average Bonchev–Trinajstić information content (AvgIpc) is 3.60. The molecule has 0 aliphatic carbocycles. The van der Waals surface area contributed by atoms with Crippen LogP contribution in [0.2, 0.25) is 0 Å². The maximum atomic E-state index is 13.2. The Morgan fingerprint density at radius 3 is 2.71 bits per heavy atom. The number of hydrogen-bond acceptors (Lipinski definition) is 7. The Balaban J connectivity index is 1.66. The fourth-order valence-electron chi connectivity index (χ4n) is 4.95. The summed E-state index contributed by atoms with van der Waals surface area (Å²) >= 11 is 1.33. The minimum atomic E-state index is -0.371. The Morgan fingerprint density at radius 2 is 1.97 bits per heavy atom. The van der Waals surface area contributed by atoms with Crippen LogP contribution in [0.4, 0.5) is 5.13 Å². The molecule has 2 amide bonds. The lowest BCUT2D eigenvalue weighted by Gasteiger charge is -2.25. The number of para-hydroxylation sites is 1. The summed E-state index contributed by atoms with van der Waals surface area (Å²) in [5, 5.41) is 15.0. The zero-order valence-corrected chi connectivity index (χ0v) is 22.0. The fraction of sp³-hybridized carbons (Fsp3) is 0.241. The van der Waals surface area contributed by atoms with Crippen LogP contribution in [-0.4, -0.2) is 45.5 Å². The lowest BCUT2D eigenvalue weighted by molar-refractivity contribution is -0.133. The summed E-state index contributed by atoms with van der Waals surface area (Å²) in [5.74, 6) is 0.364. The number of aliphatic hydroxyl groups is 1. The standard InChI is InChI=1S/C29H28N4O4S/c1-3-25(35)33-17-20-16-22(28(36)32-29-30-12-14-38-29)31-27(26(20)23(33)11-13-34)19-8-6-7-18(15-19)21-9-4-5-10-24(21)37-2/h4-10,12,14-16,23,34H,3,11,13,17H2,1-2H3,(H,30,32,36)/t23-/m0/s1. The predicted molar refractivity (Wildman–Crippen MR) is 147 cm³/mol. The van der Waals surface area contributed by atoms with E-state index in [0.29, 0.717) is 30.2 Å². The van der Waals surface area contributed by atoms with E-state index in [1.54, 1.807) is 29.7 Å². The van der Waals surface area contributed by atoms with Gasteiger partial charge in [-0.25, -0.2) is 9.97 Å². The molecule has 5 rings (SSSR count). The molecule has 0 radical (unpaired) electrons. The zero-order chi connectivity index (χ0) is 26.6. The number of rotatable bonds is 8. The number of aliphatic hydroxyl groups excluding tert-OH is 1. The lowest BCUT2D eigenvalue weighted by Crippen LogP contribution is -2.29. The van der Waals surface area contributed by atoms with Crippen molar-refractivity contribution in [3.63, 3.8) is 0 Å². The van der Waals surface area contributed by atoms with Gasteiger partial charge in [-0.1, -0.05) is 43.3 Å². The van der Waals surface area contributed by atoms with Gasteiger partial charge in [-0.2, -0.15) is 0 Å². The van der Waals surface area contributed by atoms with Gasteiger partial charge in [0, 0.05) is 47.8 Å². The molecule has 1 aliphatic heterocycles. The molecule has 38 heavy (non-hydrogen) atoms. The second-order valence-electron chi connectivity index (χ2n) is 8.90. The molecule has 0 bridgehead atoms. The summed E-state index contributed by atoms with van der Waals surface area (Å²) < 4.78 is 5.58. The van der Waals surface area contributed by atoms with Crippen LogP contribution in [0.1, 0.15) is 47.4 Å². The number of anilines is 1. The van der Waals surface area contributed by atoms with E-state index in [9.17, 15) is 14.7 Å². The molecule has 0 fully saturated rings. The summed E-state index contributed by atoms with van der Waals surface area (Å²) in [5.41, 5.74) is 5.25. The van der Waals surface area contributed by atoms with Gasteiger partial charge in [-0.3, -0.25) is 14.9 Å². The Kier molecular flexibility index (Phi) is 7.48. The van der Waals surface area contributed by atoms with Crippen LogP contribution in [0.3, 0.4) is 0 Å². The van der Waals surface area contributed by atoms with Gasteiger partial charge < -0.3 is 14.7 Å². The predicted octanol–water partition coefficient (Wildman–Crippen LogP) is 5.31. The maximum absolute atomic E-state index is 13.2. The summed E-state index contributed by atoms with van der Waals surface area (Å²) in [6.45, 7) is 2.10. The van der Waals surface area contributed by atoms with Gasteiger partial charge in [0.1, 0.15) is 11.4 Å². The summed E-state index contributed by atoms with van der Waals surface area (Å²) in [4.78, 5) is 36.8. The number of methoxy groups -OCH3 is 1. The van der Waals surface area contributed by atoms with Crippen molar-refractivity contribution in [1.82, 2.24) is 14.9 Å². The van der Waals surface area contributed by atoms with Gasteiger partial charge in [0.25, 0.3) is 5.91 Å². The highest BCUT2D eigenvalue weighted by atomic mass is 32.1. The second-order valence-corrected chi connectivity index (χ2v) is 9.80. The first-order chi connectivity index (χ1) is 18.5. The number of nitrogens with one attached hydrogen (secondary N) is 1. The molecule has 2 aromatic carbocycles. The Labute approximate surface area is 225 Å². The molecule has 194 valence electrons. The highest BCUT2D eigenvalue weighted by Crippen LogP contribution is 2.43. The third kappa shape index (κ3) is 4.90. The van der Waals surface area contributed by atoms with Gasteiger partial charge >= 0.3 is 0 Å². The number of benzene rings is 2. The number of pyridine rings is 1. The number of ether oxygens (including phenoxy) is 1. The number of thiazole rings is 1. The van der Waals surface area contributed by atoms with Gasteiger partial charge in [0.2, 0.25) is 5.91 Å². The van der Waals surface area contributed by atoms with Gasteiger partial charge in [0.15, 0.2) is 5.13 Å². The van der Waals surface area contributed by atoms with Crippen molar-refractivity contribution >= 4 is 28.3 Å². The van der Waals surface area contributed by atoms with E-state index in [1.165, 1.54) is 11.3 Å². The van der Waals surface area contributed by atoms with Crippen LogP contribution in [0.5, 0.6) is 5.75 Å². The molecule has 4 aromatic rings. The first-order valence-electron chi connectivity index (χ1n) is 12.4. The molecule has 1 aliphatic rings. The van der Waals surface area contributed by atoms with Crippen LogP contribution in [0, 0.1) is 0 Å². The zero-order valence-electron chi connectivity index (χ0n) is 21.2. The highest BCUT2D eigenvalue weighted by Gasteiger charge is 2.36. The van der Waals surface area contributed by atoms with Gasteiger partial charge in [-0.05, 0) is 35.7 Å². The maximum Gasteiger partial charge on any atom is 0.276 e. The number of amides is 2. The number of nitrogens with zero attached hydrogens (tertiary/aromatic N) is 3. The van der Waals surface area contributed by atoms with E-state index in [2.05, 4.69) is 10.3 Å². The molecular weight excluding hydrogens is 500 g/mol. The molecule has 0 unspecified atom stereocenters. The van der Waals surface area contributed by atoms with Crippen molar-refractivity contribution in [3.8, 4) is 28.1 Å². The Morgan fingerprint density at radius 1 is 1.16 bits per heavy atom. The highest BCUT2D eigenvalue weighted by molar-refractivity contribution is 7.13. The van der Waals surface area contributed by atoms with E-state index in [0.717, 1.165) is 33.6 Å². The molecule has 0 saturated heterocycles. The van der Waals surface area contributed by atoms with Crippen LogP contribution < -0.4 is 10.1 Å². The average molecular weight is 529 g/mol. The van der Waals surface area contributed by atoms with E-state index in [-0.39, 0.29) is 30.2 Å². The van der Waals surface area contributed by atoms with E-state index < -0.39 is 0 Å². The molecule has 3 heterocycles. The minimum absolute atomic E-state index is 0.0119. The number of aromatic nitrogens is 2. The first kappa shape index (κ1) is 25.6. The Bertz CT molecular complexity index is 1470. The van der Waals surface area contributed by atoms with Gasteiger partial charge in [0.05, 0.1) is 18.8 Å². The monoisotopic (exact) mass is 528 g/mol. The van der Waals surface area contributed by atoms with Crippen molar-refractivity contribution in [1.29, 1.82) is 0 Å². The van der Waals surface area contributed by atoms with E-state index in [1.807, 2.05) is 55.5 Å². The number of carbonyl (C=O) groups excluding carboxylic acids is 2. The number of hydrogen-bond donors (Lipinski definition) is 2. The third-order valence-electron chi connectivity index (χ3n) is 6.66. The molecule has 2 N–H and O–H groups in total. The summed E-state index contributed by atoms with van der Waals surface area (Å²) in [6, 6.07) is 17.1. The van der Waals surface area contributed by atoms with Crippen molar-refractivity contribution < 1.29 is 19.4 Å². The second kappa shape index (κ2) is 11.1. The quantitative estimate of drug-likeness (QED) is 0.321. The minimum Gasteiger partial charge on any atom is -0.496 e. The third-order valence-corrected chi connectivity index (χ3v) is 7.35. The fourth-order valence-corrected chi connectivity index (χ4v) is 5.47. The van der Waals surface area contributed by atoms with Crippen LogP contribution in [0.25, 0.3) is 22.4 Å². The molecule has 8 nitrogen and oxygen atoms in total. The topological polar surface area (TPSA) is 105 Å². The number of carbonyl (C=O) groups is 2. The molecule has 9 heteroatoms. The molecule has 0 saturated carbocycles. The summed E-state index contributed by atoms with van der Waals surface area (Å²) in [6.07, 6.45) is 2.35. The van der Waals surface area contributed by atoms with Crippen molar-refractivity contribution in [2.24, 2.45) is 0 Å². The van der Waals surface area contributed by atoms with Crippen molar-refractivity contribution in [2.75, 3.05) is 19.0 Å². The Hall–Kier alpha value is -4.08. The molecule has 1 atom stereocenters. The summed E-state index contributed by atoms with van der Waals surface area (Å²) in [7, 11) is 1.64. The first-order valence-corrected chi connectivity index (χ1v) is 13.3. The van der Waals surface area contributed by atoms with Gasteiger partial charge in [-0.15, -0.1) is 11.3 Å². The smallest absolute Gasteiger partial charge is 0.276 e. The normalized spacial score (nSPS) is 14.3. The molecule has 0 spiro atoms. The van der Waals surface area contributed by atoms with E-state index >= 15 is 0 Å².